The van der Waals surface area contributed by atoms with Crippen LogP contribution in [0.4, 0.5) is 17.1 Å². The van der Waals surface area contributed by atoms with E-state index in [-0.39, 0.29) is 0 Å². The molecule has 0 unspecified atom stereocenters. The predicted octanol–water partition coefficient (Wildman–Crippen LogP) is 16.8. The molecule has 10 rings (SSSR count). The van der Waals surface area contributed by atoms with Crippen LogP contribution in [0.5, 0.6) is 0 Å². The Balaban J connectivity index is 1.17. The largest absolute Gasteiger partial charge is 0.309 e. The number of benzene rings is 10. The molecule has 0 fully saturated rings. The van der Waals surface area contributed by atoms with Gasteiger partial charge in [-0.25, -0.2) is 0 Å². The van der Waals surface area contributed by atoms with Crippen molar-refractivity contribution in [2.75, 3.05) is 4.90 Å². The zero-order chi connectivity index (χ0) is 40.8. The third-order valence-corrected chi connectivity index (χ3v) is 11.5. The first-order chi connectivity index (χ1) is 30.3. The molecule has 0 aromatic heterocycles. The Morgan fingerprint density at radius 1 is 0.180 bits per heavy atom. The SMILES string of the molecule is c1ccc(-c2ccc(-c3ccc(N(c4ccccc4-c4ccccc4)c4ccccc4-c4cccc(-c5ccccc5)c4-c4ccccc4-c4ccccc4)cc3)cc2)cc1. The third-order valence-electron chi connectivity index (χ3n) is 11.5. The van der Waals surface area contributed by atoms with Crippen molar-refractivity contribution in [2.24, 2.45) is 0 Å². The molecule has 0 bridgehead atoms. The van der Waals surface area contributed by atoms with Crippen LogP contribution in [0.1, 0.15) is 0 Å². The second-order valence-electron chi connectivity index (χ2n) is 15.2. The zero-order valence-electron chi connectivity index (χ0n) is 33.8. The van der Waals surface area contributed by atoms with Crippen LogP contribution in [0.3, 0.4) is 0 Å². The first kappa shape index (κ1) is 37.3. The lowest BCUT2D eigenvalue weighted by Gasteiger charge is -2.31. The fourth-order valence-electron chi connectivity index (χ4n) is 8.62. The van der Waals surface area contributed by atoms with Crippen LogP contribution in [0, 0.1) is 0 Å². The Labute approximate surface area is 359 Å². The fourth-order valence-corrected chi connectivity index (χ4v) is 8.62. The number of rotatable bonds is 10. The summed E-state index contributed by atoms with van der Waals surface area (Å²) in [7, 11) is 0. The van der Waals surface area contributed by atoms with Gasteiger partial charge >= 0.3 is 0 Å². The van der Waals surface area contributed by atoms with Gasteiger partial charge in [0, 0.05) is 16.8 Å². The molecule has 0 aliphatic rings. The summed E-state index contributed by atoms with van der Waals surface area (Å²) in [5.74, 6) is 0. The maximum Gasteiger partial charge on any atom is 0.0540 e. The number of hydrogen-bond acceptors (Lipinski definition) is 1. The van der Waals surface area contributed by atoms with Crippen molar-refractivity contribution in [3.63, 3.8) is 0 Å². The normalized spacial score (nSPS) is 11.0. The van der Waals surface area contributed by atoms with Crippen LogP contribution in [0.15, 0.2) is 261 Å². The standard InChI is InChI=1S/C60H43N/c1-5-20-44(21-6-1)45-36-38-46(39-37-45)47-40-42-51(43-41-47)61(58-34-17-15-29-53(58)49-24-9-3-10-25-49)59-35-18-16-30-55(59)57-33-19-32-54(50-26-11-4-12-27-50)60(57)56-31-14-13-28-52(56)48-22-7-2-8-23-48/h1-43H. The predicted molar refractivity (Wildman–Crippen MR) is 259 cm³/mol. The van der Waals surface area contributed by atoms with E-state index in [4.69, 9.17) is 0 Å². The lowest BCUT2D eigenvalue weighted by molar-refractivity contribution is 1.28. The molecule has 1 nitrogen and oxygen atoms in total. The summed E-state index contributed by atoms with van der Waals surface area (Å²) >= 11 is 0. The topological polar surface area (TPSA) is 3.24 Å². The van der Waals surface area contributed by atoms with E-state index < -0.39 is 0 Å². The minimum Gasteiger partial charge on any atom is -0.309 e. The number of nitrogens with zero attached hydrogens (tertiary/aromatic N) is 1. The molecule has 0 atom stereocenters. The summed E-state index contributed by atoms with van der Waals surface area (Å²) in [6.45, 7) is 0. The van der Waals surface area contributed by atoms with E-state index in [1.807, 2.05) is 0 Å². The van der Waals surface area contributed by atoms with Gasteiger partial charge < -0.3 is 4.90 Å². The van der Waals surface area contributed by atoms with Gasteiger partial charge in [-0.15, -0.1) is 0 Å². The molecule has 0 N–H and O–H groups in total. The molecule has 0 radical (unpaired) electrons. The number of hydrogen-bond donors (Lipinski definition) is 0. The lowest BCUT2D eigenvalue weighted by Crippen LogP contribution is -2.12. The van der Waals surface area contributed by atoms with Crippen molar-refractivity contribution in [1.82, 2.24) is 0 Å². The van der Waals surface area contributed by atoms with Crippen molar-refractivity contribution in [3.05, 3.63) is 261 Å². The molecule has 61 heavy (non-hydrogen) atoms. The average Bonchev–Trinajstić information content (AvgIpc) is 3.35. The van der Waals surface area contributed by atoms with Gasteiger partial charge in [-0.05, 0) is 91.0 Å². The van der Waals surface area contributed by atoms with Crippen LogP contribution in [-0.4, -0.2) is 0 Å². The molecular weight excluding hydrogens is 735 g/mol. The third kappa shape index (κ3) is 7.58. The van der Waals surface area contributed by atoms with Gasteiger partial charge in [0.15, 0.2) is 0 Å². The molecule has 0 saturated heterocycles. The van der Waals surface area contributed by atoms with Gasteiger partial charge in [-0.1, -0.05) is 237 Å². The van der Waals surface area contributed by atoms with E-state index in [0.29, 0.717) is 0 Å². The smallest absolute Gasteiger partial charge is 0.0540 e. The molecular formula is C60H43N. The monoisotopic (exact) mass is 777 g/mol. The molecule has 0 aliphatic heterocycles. The van der Waals surface area contributed by atoms with Crippen LogP contribution < -0.4 is 4.90 Å². The van der Waals surface area contributed by atoms with E-state index in [1.54, 1.807) is 0 Å². The fraction of sp³-hybridized carbons (Fsp3) is 0. The summed E-state index contributed by atoms with van der Waals surface area (Å²) in [6, 6.07) is 94.1. The van der Waals surface area contributed by atoms with Crippen LogP contribution in [0.2, 0.25) is 0 Å². The van der Waals surface area contributed by atoms with Gasteiger partial charge in [-0.3, -0.25) is 0 Å². The maximum absolute atomic E-state index is 2.45. The highest BCUT2D eigenvalue weighted by Gasteiger charge is 2.24. The van der Waals surface area contributed by atoms with E-state index in [2.05, 4.69) is 266 Å². The molecule has 0 aliphatic carbocycles. The minimum absolute atomic E-state index is 1.07. The molecule has 0 heterocycles. The summed E-state index contributed by atoms with van der Waals surface area (Å²) in [4.78, 5) is 2.45. The van der Waals surface area contributed by atoms with Crippen LogP contribution >= 0.6 is 0 Å². The van der Waals surface area contributed by atoms with Crippen molar-refractivity contribution >= 4 is 17.1 Å². The molecule has 0 spiro atoms. The van der Waals surface area contributed by atoms with Crippen LogP contribution in [-0.2, 0) is 0 Å². The highest BCUT2D eigenvalue weighted by molar-refractivity contribution is 6.03. The van der Waals surface area contributed by atoms with Gasteiger partial charge in [-0.2, -0.15) is 0 Å². The maximum atomic E-state index is 2.45. The van der Waals surface area contributed by atoms with Gasteiger partial charge in [0.2, 0.25) is 0 Å². The van der Waals surface area contributed by atoms with E-state index in [1.165, 1.54) is 61.2 Å². The molecule has 1 heteroatoms. The molecule has 0 amide bonds. The van der Waals surface area contributed by atoms with Crippen LogP contribution in [0.25, 0.3) is 77.9 Å². The van der Waals surface area contributed by atoms with Crippen molar-refractivity contribution in [3.8, 4) is 77.9 Å². The summed E-state index contributed by atoms with van der Waals surface area (Å²) in [5, 5.41) is 0. The molecule has 0 saturated carbocycles. The summed E-state index contributed by atoms with van der Waals surface area (Å²) in [6.07, 6.45) is 0. The van der Waals surface area contributed by atoms with E-state index >= 15 is 0 Å². The Morgan fingerprint density at radius 3 is 1.05 bits per heavy atom. The highest BCUT2D eigenvalue weighted by atomic mass is 15.1. The average molecular weight is 778 g/mol. The molecule has 10 aromatic carbocycles. The lowest BCUT2D eigenvalue weighted by atomic mass is 9.84. The molecule has 10 aromatic rings. The number of anilines is 3. The number of para-hydroxylation sites is 2. The first-order valence-corrected chi connectivity index (χ1v) is 20.9. The first-order valence-electron chi connectivity index (χ1n) is 20.9. The van der Waals surface area contributed by atoms with Gasteiger partial charge in [0.25, 0.3) is 0 Å². The quantitative estimate of drug-likeness (QED) is 0.134. The Morgan fingerprint density at radius 2 is 0.508 bits per heavy atom. The van der Waals surface area contributed by atoms with Crippen molar-refractivity contribution in [1.29, 1.82) is 0 Å². The zero-order valence-corrected chi connectivity index (χ0v) is 33.8. The van der Waals surface area contributed by atoms with Crippen molar-refractivity contribution in [2.45, 2.75) is 0 Å². The summed E-state index contributed by atoms with van der Waals surface area (Å²) in [5.41, 5.74) is 19.8. The highest BCUT2D eigenvalue weighted by Crippen LogP contribution is 2.49. The Hall–Kier alpha value is -8.00. The minimum atomic E-state index is 1.07. The Bertz CT molecular complexity index is 3030. The summed E-state index contributed by atoms with van der Waals surface area (Å²) < 4.78 is 0. The van der Waals surface area contributed by atoms with Gasteiger partial charge in [0.05, 0.1) is 11.4 Å². The molecule has 288 valence electrons. The van der Waals surface area contributed by atoms with Crippen molar-refractivity contribution < 1.29 is 0 Å². The van der Waals surface area contributed by atoms with E-state index in [0.717, 1.165) is 33.8 Å². The Kier molecular flexibility index (Phi) is 10.4. The second-order valence-corrected chi connectivity index (χ2v) is 15.2. The second kappa shape index (κ2) is 17.1. The van der Waals surface area contributed by atoms with E-state index in [9.17, 15) is 0 Å². The van der Waals surface area contributed by atoms with Gasteiger partial charge in [0.1, 0.15) is 0 Å².